The number of hydrogen-bond donors (Lipinski definition) is 0. The highest BCUT2D eigenvalue weighted by atomic mass is 16.7. The zero-order valence-corrected chi connectivity index (χ0v) is 9.37. The molecule has 1 saturated heterocycles. The predicted octanol–water partition coefficient (Wildman–Crippen LogP) is 1.24. The Morgan fingerprint density at radius 2 is 1.93 bits per heavy atom. The Balaban J connectivity index is 1.84. The van der Waals surface area contributed by atoms with Crippen LogP contribution in [0.5, 0.6) is 0 Å². The molecule has 0 radical (unpaired) electrons. The lowest BCUT2D eigenvalue weighted by Crippen LogP contribution is -2.42. The molecule has 1 spiro atoms. The van der Waals surface area contributed by atoms with E-state index in [0.29, 0.717) is 6.04 Å². The van der Waals surface area contributed by atoms with E-state index in [1.165, 1.54) is 0 Å². The third kappa shape index (κ3) is 2.34. The van der Waals surface area contributed by atoms with E-state index in [4.69, 9.17) is 15.9 Å². The second kappa shape index (κ2) is 4.52. The largest absolute Gasteiger partial charge is 0.348 e. The molecular formula is C12H19NO2. The van der Waals surface area contributed by atoms with Gasteiger partial charge in [0.2, 0.25) is 0 Å². The molecule has 1 aliphatic carbocycles. The van der Waals surface area contributed by atoms with Gasteiger partial charge in [-0.3, -0.25) is 4.90 Å². The minimum Gasteiger partial charge on any atom is -0.348 e. The maximum Gasteiger partial charge on any atom is 0.168 e. The van der Waals surface area contributed by atoms with Crippen molar-refractivity contribution in [1.29, 1.82) is 0 Å². The number of terminal acetylenes is 1. The van der Waals surface area contributed by atoms with Gasteiger partial charge in [-0.2, -0.15) is 0 Å². The molecule has 15 heavy (non-hydrogen) atoms. The second-order valence-corrected chi connectivity index (χ2v) is 4.46. The summed E-state index contributed by atoms with van der Waals surface area (Å²) in [6.07, 6.45) is 9.57. The van der Waals surface area contributed by atoms with Crippen LogP contribution in [-0.2, 0) is 9.47 Å². The van der Waals surface area contributed by atoms with Gasteiger partial charge in [0, 0.05) is 18.9 Å². The summed E-state index contributed by atoms with van der Waals surface area (Å²) in [7, 11) is 2.10. The van der Waals surface area contributed by atoms with Crippen molar-refractivity contribution in [3.63, 3.8) is 0 Å². The van der Waals surface area contributed by atoms with E-state index >= 15 is 0 Å². The minimum absolute atomic E-state index is 0.243. The molecule has 84 valence electrons. The summed E-state index contributed by atoms with van der Waals surface area (Å²) >= 11 is 0. The average molecular weight is 209 g/mol. The highest BCUT2D eigenvalue weighted by molar-refractivity contribution is 4.92. The van der Waals surface area contributed by atoms with Crippen LogP contribution in [0.15, 0.2) is 0 Å². The van der Waals surface area contributed by atoms with Crippen LogP contribution in [0.2, 0.25) is 0 Å². The van der Waals surface area contributed by atoms with E-state index in [9.17, 15) is 0 Å². The lowest BCUT2D eigenvalue weighted by atomic mass is 9.89. The fourth-order valence-corrected chi connectivity index (χ4v) is 2.54. The lowest BCUT2D eigenvalue weighted by molar-refractivity contribution is -0.183. The molecule has 0 atom stereocenters. The Hall–Kier alpha value is -0.560. The third-order valence-corrected chi connectivity index (χ3v) is 3.49. The molecule has 2 rings (SSSR count). The van der Waals surface area contributed by atoms with Crippen LogP contribution >= 0.6 is 0 Å². The van der Waals surface area contributed by atoms with E-state index < -0.39 is 0 Å². The molecule has 1 saturated carbocycles. The zero-order chi connectivity index (χ0) is 10.7. The van der Waals surface area contributed by atoms with Gasteiger partial charge in [0.15, 0.2) is 5.79 Å². The molecule has 3 nitrogen and oxygen atoms in total. The maximum absolute atomic E-state index is 5.69. The molecule has 2 fully saturated rings. The Bertz CT molecular complexity index is 243. The molecule has 0 N–H and O–H groups in total. The van der Waals surface area contributed by atoms with Crippen molar-refractivity contribution in [2.24, 2.45) is 0 Å². The molecule has 0 bridgehead atoms. The third-order valence-electron chi connectivity index (χ3n) is 3.49. The number of nitrogens with zero attached hydrogens (tertiary/aromatic N) is 1. The van der Waals surface area contributed by atoms with Gasteiger partial charge in [-0.05, 0) is 19.9 Å². The second-order valence-electron chi connectivity index (χ2n) is 4.46. The van der Waals surface area contributed by atoms with Crippen molar-refractivity contribution in [2.75, 3.05) is 26.8 Å². The molecule has 0 aromatic rings. The van der Waals surface area contributed by atoms with Crippen molar-refractivity contribution in [1.82, 2.24) is 4.90 Å². The summed E-state index contributed by atoms with van der Waals surface area (Å²) in [6, 6.07) is 0.597. The van der Waals surface area contributed by atoms with Gasteiger partial charge in [-0.15, -0.1) is 6.42 Å². The van der Waals surface area contributed by atoms with Gasteiger partial charge in [0.1, 0.15) is 0 Å². The highest BCUT2D eigenvalue weighted by Gasteiger charge is 2.40. The van der Waals surface area contributed by atoms with Gasteiger partial charge in [0.05, 0.1) is 19.8 Å². The Labute approximate surface area is 91.7 Å². The molecule has 0 amide bonds. The highest BCUT2D eigenvalue weighted by Crippen LogP contribution is 2.36. The molecule has 0 aromatic carbocycles. The van der Waals surface area contributed by atoms with Gasteiger partial charge in [0.25, 0.3) is 0 Å². The summed E-state index contributed by atoms with van der Waals surface area (Å²) in [5.74, 6) is 2.45. The van der Waals surface area contributed by atoms with Crippen molar-refractivity contribution >= 4 is 0 Å². The lowest BCUT2D eigenvalue weighted by Gasteiger charge is -2.38. The average Bonchev–Trinajstić information content (AvgIpc) is 2.68. The smallest absolute Gasteiger partial charge is 0.168 e. The summed E-state index contributed by atoms with van der Waals surface area (Å²) < 4.78 is 11.4. The van der Waals surface area contributed by atoms with E-state index in [1.54, 1.807) is 0 Å². The van der Waals surface area contributed by atoms with Crippen LogP contribution in [0.25, 0.3) is 0 Å². The molecular weight excluding hydrogens is 190 g/mol. The van der Waals surface area contributed by atoms with Crippen LogP contribution in [0.3, 0.4) is 0 Å². The molecule has 2 aliphatic rings. The molecule has 3 heteroatoms. The van der Waals surface area contributed by atoms with Gasteiger partial charge in [-0.1, -0.05) is 5.92 Å². The summed E-state index contributed by atoms with van der Waals surface area (Å²) in [5, 5.41) is 0. The summed E-state index contributed by atoms with van der Waals surface area (Å²) in [5.41, 5.74) is 0. The quantitative estimate of drug-likeness (QED) is 0.639. The molecule has 0 unspecified atom stereocenters. The van der Waals surface area contributed by atoms with Gasteiger partial charge < -0.3 is 9.47 Å². The summed E-state index contributed by atoms with van der Waals surface area (Å²) in [6.45, 7) is 2.25. The Morgan fingerprint density at radius 3 is 2.47 bits per heavy atom. The zero-order valence-electron chi connectivity index (χ0n) is 9.37. The number of hydrogen-bond acceptors (Lipinski definition) is 3. The Morgan fingerprint density at radius 1 is 1.33 bits per heavy atom. The summed E-state index contributed by atoms with van der Waals surface area (Å²) in [4.78, 5) is 2.25. The number of rotatable bonds is 2. The van der Waals surface area contributed by atoms with E-state index in [0.717, 1.165) is 45.4 Å². The van der Waals surface area contributed by atoms with Crippen LogP contribution in [0.1, 0.15) is 25.7 Å². The van der Waals surface area contributed by atoms with Crippen molar-refractivity contribution in [3.8, 4) is 12.3 Å². The minimum atomic E-state index is -0.243. The fourth-order valence-electron chi connectivity index (χ4n) is 2.54. The van der Waals surface area contributed by atoms with E-state index in [-0.39, 0.29) is 5.79 Å². The van der Waals surface area contributed by atoms with Crippen LogP contribution in [0, 0.1) is 12.3 Å². The van der Waals surface area contributed by atoms with E-state index in [1.807, 2.05) is 0 Å². The maximum atomic E-state index is 5.69. The van der Waals surface area contributed by atoms with Gasteiger partial charge in [-0.25, -0.2) is 0 Å². The Kier molecular flexibility index (Phi) is 3.30. The van der Waals surface area contributed by atoms with Crippen LogP contribution in [-0.4, -0.2) is 43.5 Å². The predicted molar refractivity (Wildman–Crippen MR) is 58.4 cm³/mol. The molecule has 1 aliphatic heterocycles. The first-order valence-corrected chi connectivity index (χ1v) is 5.67. The topological polar surface area (TPSA) is 21.7 Å². The SMILES string of the molecule is C#CCN(C)C1CCC2(CC1)OCCO2. The fraction of sp³-hybridized carbons (Fsp3) is 0.833. The van der Waals surface area contributed by atoms with Crippen molar-refractivity contribution in [2.45, 2.75) is 37.5 Å². The van der Waals surface area contributed by atoms with Gasteiger partial charge >= 0.3 is 0 Å². The molecule has 1 heterocycles. The first-order valence-electron chi connectivity index (χ1n) is 5.67. The first-order chi connectivity index (χ1) is 7.26. The van der Waals surface area contributed by atoms with Crippen molar-refractivity contribution in [3.05, 3.63) is 0 Å². The van der Waals surface area contributed by atoms with Crippen molar-refractivity contribution < 1.29 is 9.47 Å². The normalized spacial score (nSPS) is 25.9. The molecule has 0 aromatic heterocycles. The standard InChI is InChI=1S/C12H19NO2/c1-3-8-13(2)11-4-6-12(7-5-11)14-9-10-15-12/h1,11H,4-10H2,2H3. The van der Waals surface area contributed by atoms with Crippen LogP contribution < -0.4 is 0 Å². The van der Waals surface area contributed by atoms with E-state index in [2.05, 4.69) is 17.9 Å². The first kappa shape index (κ1) is 10.9. The monoisotopic (exact) mass is 209 g/mol. The van der Waals surface area contributed by atoms with Crippen LogP contribution in [0.4, 0.5) is 0 Å². The number of ether oxygens (including phenoxy) is 2.